The first-order valence-electron chi connectivity index (χ1n) is 4.35. The number of carbonyl (C=O) groups is 2. The molecule has 0 radical (unpaired) electrons. The van der Waals surface area contributed by atoms with Gasteiger partial charge in [-0.25, -0.2) is 0 Å². The molecule has 1 aliphatic rings. The molecule has 0 saturated carbocycles. The molecule has 0 aromatic heterocycles. The first kappa shape index (κ1) is 9.22. The van der Waals surface area contributed by atoms with Crippen molar-refractivity contribution in [1.82, 2.24) is 5.32 Å². The van der Waals surface area contributed by atoms with E-state index in [1.54, 1.807) is 24.3 Å². The molecule has 1 aromatic rings. The van der Waals surface area contributed by atoms with Gasteiger partial charge in [0.1, 0.15) is 0 Å². The highest BCUT2D eigenvalue weighted by molar-refractivity contribution is 6.33. The SMILES string of the molecule is C#Cc1cccc(C2=CC(=O)NC2=O)c1. The largest absolute Gasteiger partial charge is 0.289 e. The highest BCUT2D eigenvalue weighted by atomic mass is 16.2. The Labute approximate surface area is 86.8 Å². The molecule has 0 unspecified atom stereocenters. The summed E-state index contributed by atoms with van der Waals surface area (Å²) in [5.74, 6) is 1.70. The Bertz CT molecular complexity index is 521. The van der Waals surface area contributed by atoms with Crippen LogP contribution in [-0.2, 0) is 9.59 Å². The van der Waals surface area contributed by atoms with Crippen LogP contribution in [0.3, 0.4) is 0 Å². The van der Waals surface area contributed by atoms with Crippen LogP contribution in [0.4, 0.5) is 0 Å². The van der Waals surface area contributed by atoms with Gasteiger partial charge in [-0.1, -0.05) is 18.1 Å². The Morgan fingerprint density at radius 2 is 2.07 bits per heavy atom. The molecule has 3 nitrogen and oxygen atoms in total. The molecule has 1 N–H and O–H groups in total. The Morgan fingerprint density at radius 3 is 2.67 bits per heavy atom. The van der Waals surface area contributed by atoms with E-state index >= 15 is 0 Å². The molecular formula is C12H7NO2. The molecule has 1 aromatic carbocycles. The van der Waals surface area contributed by atoms with E-state index in [0.29, 0.717) is 16.7 Å². The summed E-state index contributed by atoms with van der Waals surface area (Å²) >= 11 is 0. The van der Waals surface area contributed by atoms with Crippen LogP contribution in [0.25, 0.3) is 5.57 Å². The smallest absolute Gasteiger partial charge is 0.258 e. The van der Waals surface area contributed by atoms with Gasteiger partial charge < -0.3 is 0 Å². The molecule has 0 aliphatic carbocycles. The van der Waals surface area contributed by atoms with Gasteiger partial charge in [0.2, 0.25) is 0 Å². The topological polar surface area (TPSA) is 46.2 Å². The van der Waals surface area contributed by atoms with Crippen LogP contribution < -0.4 is 5.32 Å². The highest BCUT2D eigenvalue weighted by Gasteiger charge is 2.21. The van der Waals surface area contributed by atoms with Gasteiger partial charge in [0.05, 0.1) is 5.57 Å². The molecule has 72 valence electrons. The van der Waals surface area contributed by atoms with E-state index in [4.69, 9.17) is 6.42 Å². The standard InChI is InChI=1S/C12H7NO2/c1-2-8-4-3-5-9(6-8)10-7-11(14)13-12(10)15/h1,3-7H,(H,13,14,15). The van der Waals surface area contributed by atoms with Crippen LogP contribution >= 0.6 is 0 Å². The third-order valence-corrected chi connectivity index (χ3v) is 2.10. The number of benzene rings is 1. The van der Waals surface area contributed by atoms with E-state index < -0.39 is 0 Å². The summed E-state index contributed by atoms with van der Waals surface area (Å²) in [6, 6.07) is 6.95. The zero-order valence-electron chi connectivity index (χ0n) is 7.78. The second-order valence-corrected chi connectivity index (χ2v) is 3.10. The number of hydrogen-bond donors (Lipinski definition) is 1. The number of hydrogen-bond acceptors (Lipinski definition) is 2. The predicted octanol–water partition coefficient (Wildman–Crippen LogP) is 0.708. The number of amides is 2. The summed E-state index contributed by atoms with van der Waals surface area (Å²) in [7, 11) is 0. The Balaban J connectivity index is 2.47. The molecule has 3 heteroatoms. The molecule has 1 aliphatic heterocycles. The molecule has 0 fully saturated rings. The summed E-state index contributed by atoms with van der Waals surface area (Å²) in [4.78, 5) is 22.3. The summed E-state index contributed by atoms with van der Waals surface area (Å²) in [5.41, 5.74) is 1.70. The third kappa shape index (κ3) is 1.65. The van der Waals surface area contributed by atoms with Gasteiger partial charge in [-0.3, -0.25) is 14.9 Å². The molecular weight excluding hydrogens is 190 g/mol. The zero-order chi connectivity index (χ0) is 10.8. The maximum atomic E-state index is 11.3. The van der Waals surface area contributed by atoms with Gasteiger partial charge >= 0.3 is 0 Å². The minimum Gasteiger partial charge on any atom is -0.289 e. The average Bonchev–Trinajstić information content (AvgIpc) is 2.58. The molecule has 0 saturated heterocycles. The van der Waals surface area contributed by atoms with Gasteiger partial charge in [-0.05, 0) is 17.7 Å². The van der Waals surface area contributed by atoms with E-state index in [9.17, 15) is 9.59 Å². The first-order chi connectivity index (χ1) is 7.20. The lowest BCUT2D eigenvalue weighted by atomic mass is 10.0. The van der Waals surface area contributed by atoms with Gasteiger partial charge in [-0.2, -0.15) is 0 Å². The first-order valence-corrected chi connectivity index (χ1v) is 4.35. The van der Waals surface area contributed by atoms with Crippen molar-refractivity contribution in [3.8, 4) is 12.3 Å². The lowest BCUT2D eigenvalue weighted by Gasteiger charge is -2.00. The monoisotopic (exact) mass is 197 g/mol. The van der Waals surface area contributed by atoms with Crippen molar-refractivity contribution in [3.05, 3.63) is 41.5 Å². The lowest BCUT2D eigenvalue weighted by Crippen LogP contribution is -2.21. The van der Waals surface area contributed by atoms with Crippen molar-refractivity contribution < 1.29 is 9.59 Å². The fourth-order valence-corrected chi connectivity index (χ4v) is 1.40. The normalized spacial score (nSPS) is 14.5. The van der Waals surface area contributed by atoms with Crippen molar-refractivity contribution in [3.63, 3.8) is 0 Å². The second-order valence-electron chi connectivity index (χ2n) is 3.10. The minimum absolute atomic E-state index is 0.358. The molecule has 1 heterocycles. The molecule has 2 rings (SSSR count). The number of nitrogens with one attached hydrogen (secondary N) is 1. The van der Waals surface area contributed by atoms with E-state index in [-0.39, 0.29) is 11.8 Å². The van der Waals surface area contributed by atoms with Crippen molar-refractivity contribution >= 4 is 17.4 Å². The van der Waals surface area contributed by atoms with Crippen LogP contribution in [0.5, 0.6) is 0 Å². The third-order valence-electron chi connectivity index (χ3n) is 2.10. The number of carbonyl (C=O) groups excluding carboxylic acids is 2. The Morgan fingerprint density at radius 1 is 1.27 bits per heavy atom. The van der Waals surface area contributed by atoms with E-state index in [1.165, 1.54) is 6.08 Å². The Hall–Kier alpha value is -2.34. The van der Waals surface area contributed by atoms with Gasteiger partial charge in [0, 0.05) is 11.6 Å². The van der Waals surface area contributed by atoms with Gasteiger partial charge in [-0.15, -0.1) is 6.42 Å². The molecule has 0 spiro atoms. The fourth-order valence-electron chi connectivity index (χ4n) is 1.40. The van der Waals surface area contributed by atoms with Gasteiger partial charge in [0.15, 0.2) is 0 Å². The van der Waals surface area contributed by atoms with E-state index in [0.717, 1.165) is 0 Å². The quantitative estimate of drug-likeness (QED) is 0.532. The zero-order valence-corrected chi connectivity index (χ0v) is 7.78. The number of rotatable bonds is 1. The molecule has 0 bridgehead atoms. The summed E-state index contributed by atoms with van der Waals surface area (Å²) in [5, 5.41) is 2.18. The summed E-state index contributed by atoms with van der Waals surface area (Å²) < 4.78 is 0. The maximum Gasteiger partial charge on any atom is 0.258 e. The van der Waals surface area contributed by atoms with Crippen LogP contribution in [0.1, 0.15) is 11.1 Å². The van der Waals surface area contributed by atoms with Crippen molar-refractivity contribution in [1.29, 1.82) is 0 Å². The van der Waals surface area contributed by atoms with Crippen LogP contribution in [0.15, 0.2) is 30.3 Å². The summed E-state index contributed by atoms with van der Waals surface area (Å²) in [6.07, 6.45) is 6.52. The maximum absolute atomic E-state index is 11.3. The average molecular weight is 197 g/mol. The number of imide groups is 1. The van der Waals surface area contributed by atoms with Crippen LogP contribution in [0.2, 0.25) is 0 Å². The highest BCUT2D eigenvalue weighted by Crippen LogP contribution is 2.18. The lowest BCUT2D eigenvalue weighted by molar-refractivity contribution is -0.123. The predicted molar refractivity (Wildman–Crippen MR) is 55.5 cm³/mol. The molecule has 15 heavy (non-hydrogen) atoms. The molecule has 2 amide bonds. The molecule has 0 atom stereocenters. The van der Waals surface area contributed by atoms with E-state index in [1.807, 2.05) is 0 Å². The van der Waals surface area contributed by atoms with Crippen molar-refractivity contribution in [2.75, 3.05) is 0 Å². The van der Waals surface area contributed by atoms with Crippen LogP contribution in [0, 0.1) is 12.3 Å². The Kier molecular flexibility index (Phi) is 2.11. The fraction of sp³-hybridized carbons (Fsp3) is 0. The summed E-state index contributed by atoms with van der Waals surface area (Å²) in [6.45, 7) is 0. The minimum atomic E-state index is -0.388. The number of terminal acetylenes is 1. The second kappa shape index (κ2) is 3.43. The van der Waals surface area contributed by atoms with Gasteiger partial charge in [0.25, 0.3) is 11.8 Å². The van der Waals surface area contributed by atoms with E-state index in [2.05, 4.69) is 11.2 Å². The van der Waals surface area contributed by atoms with Crippen molar-refractivity contribution in [2.45, 2.75) is 0 Å². The van der Waals surface area contributed by atoms with Crippen LogP contribution in [-0.4, -0.2) is 11.8 Å². The van der Waals surface area contributed by atoms with Crippen molar-refractivity contribution in [2.24, 2.45) is 0 Å².